The SMILES string of the molecule is COc1cnc(N2CCOCC2)c2sc(NC(=O)CN3CCOCC3)nc12. The molecular formula is C17H23N5O4S. The van der Waals surface area contributed by atoms with E-state index in [-0.39, 0.29) is 5.91 Å². The number of hydrogen-bond donors (Lipinski definition) is 1. The molecule has 4 rings (SSSR count). The van der Waals surface area contributed by atoms with Gasteiger partial charge in [0.25, 0.3) is 0 Å². The molecule has 2 aliphatic heterocycles. The van der Waals surface area contributed by atoms with Gasteiger partial charge in [0.05, 0.1) is 46.3 Å². The minimum Gasteiger partial charge on any atom is -0.493 e. The predicted molar refractivity (Wildman–Crippen MR) is 103 cm³/mol. The standard InChI is InChI=1S/C17H23N5O4S/c1-24-12-10-18-16(22-4-8-26-9-5-22)15-14(12)20-17(27-15)19-13(23)11-21-2-6-25-7-3-21/h10H,2-9,11H2,1H3,(H,19,20,23). The summed E-state index contributed by atoms with van der Waals surface area (Å²) in [5.41, 5.74) is 0.723. The lowest BCUT2D eigenvalue weighted by Crippen LogP contribution is -2.41. The van der Waals surface area contributed by atoms with E-state index in [9.17, 15) is 4.79 Å². The highest BCUT2D eigenvalue weighted by Gasteiger charge is 2.22. The van der Waals surface area contributed by atoms with Crippen molar-refractivity contribution in [3.63, 3.8) is 0 Å². The minimum atomic E-state index is -0.0733. The zero-order valence-electron chi connectivity index (χ0n) is 15.3. The molecule has 4 heterocycles. The van der Waals surface area contributed by atoms with Gasteiger partial charge in [0.1, 0.15) is 16.0 Å². The van der Waals surface area contributed by atoms with Crippen LogP contribution in [-0.4, -0.2) is 87.0 Å². The van der Waals surface area contributed by atoms with Crippen molar-refractivity contribution in [1.82, 2.24) is 14.9 Å². The maximum absolute atomic E-state index is 12.4. The van der Waals surface area contributed by atoms with Crippen LogP contribution in [0.25, 0.3) is 10.2 Å². The fraction of sp³-hybridized carbons (Fsp3) is 0.588. The first-order valence-corrected chi connectivity index (χ1v) is 9.82. The zero-order chi connectivity index (χ0) is 18.6. The van der Waals surface area contributed by atoms with Crippen LogP contribution < -0.4 is 15.0 Å². The summed E-state index contributed by atoms with van der Waals surface area (Å²) in [6, 6.07) is 0. The summed E-state index contributed by atoms with van der Waals surface area (Å²) in [7, 11) is 1.60. The Hall–Kier alpha value is -2.01. The number of anilines is 2. The first-order valence-electron chi connectivity index (χ1n) is 9.01. The molecule has 0 atom stereocenters. The largest absolute Gasteiger partial charge is 0.493 e. The number of carbonyl (C=O) groups is 1. The molecule has 0 radical (unpaired) electrons. The molecule has 27 heavy (non-hydrogen) atoms. The molecule has 2 fully saturated rings. The molecule has 0 aromatic carbocycles. The van der Waals surface area contributed by atoms with Crippen molar-refractivity contribution in [3.05, 3.63) is 6.20 Å². The van der Waals surface area contributed by atoms with Gasteiger partial charge in [0.2, 0.25) is 5.91 Å². The Morgan fingerprint density at radius 1 is 1.22 bits per heavy atom. The van der Waals surface area contributed by atoms with E-state index in [1.807, 2.05) is 0 Å². The number of amides is 1. The topological polar surface area (TPSA) is 89.1 Å². The van der Waals surface area contributed by atoms with Crippen LogP contribution in [0.2, 0.25) is 0 Å². The summed E-state index contributed by atoms with van der Waals surface area (Å²) < 4.78 is 17.1. The van der Waals surface area contributed by atoms with Gasteiger partial charge in [-0.1, -0.05) is 11.3 Å². The minimum absolute atomic E-state index is 0.0733. The van der Waals surface area contributed by atoms with E-state index in [2.05, 4.69) is 25.1 Å². The first-order chi connectivity index (χ1) is 13.2. The lowest BCUT2D eigenvalue weighted by molar-refractivity contribution is -0.118. The number of pyridine rings is 1. The average molecular weight is 393 g/mol. The van der Waals surface area contributed by atoms with E-state index < -0.39 is 0 Å². The summed E-state index contributed by atoms with van der Waals surface area (Å²) in [4.78, 5) is 25.8. The highest BCUT2D eigenvalue weighted by molar-refractivity contribution is 7.23. The van der Waals surface area contributed by atoms with E-state index in [1.165, 1.54) is 11.3 Å². The van der Waals surface area contributed by atoms with Crippen molar-refractivity contribution in [2.75, 3.05) is 76.5 Å². The molecule has 146 valence electrons. The van der Waals surface area contributed by atoms with Crippen molar-refractivity contribution in [2.24, 2.45) is 0 Å². The van der Waals surface area contributed by atoms with E-state index in [4.69, 9.17) is 14.2 Å². The van der Waals surface area contributed by atoms with Crippen LogP contribution in [0.5, 0.6) is 5.75 Å². The molecular weight excluding hydrogens is 370 g/mol. The van der Waals surface area contributed by atoms with Crippen molar-refractivity contribution >= 4 is 38.4 Å². The quantitative estimate of drug-likeness (QED) is 0.798. The number of methoxy groups -OCH3 is 1. The molecule has 9 nitrogen and oxygen atoms in total. The molecule has 0 spiro atoms. The van der Waals surface area contributed by atoms with E-state index in [1.54, 1.807) is 13.3 Å². The Bertz CT molecular complexity index is 802. The number of hydrogen-bond acceptors (Lipinski definition) is 9. The molecule has 0 saturated carbocycles. The third kappa shape index (κ3) is 4.13. The molecule has 10 heteroatoms. The van der Waals surface area contributed by atoms with Gasteiger partial charge in [-0.3, -0.25) is 9.69 Å². The molecule has 2 saturated heterocycles. The van der Waals surface area contributed by atoms with Crippen molar-refractivity contribution in [2.45, 2.75) is 0 Å². The highest BCUT2D eigenvalue weighted by atomic mass is 32.1. The molecule has 2 aromatic heterocycles. The van der Waals surface area contributed by atoms with Crippen LogP contribution in [0.15, 0.2) is 6.20 Å². The monoisotopic (exact) mass is 393 g/mol. The molecule has 1 N–H and O–H groups in total. The van der Waals surface area contributed by atoms with Crippen LogP contribution in [0.1, 0.15) is 0 Å². The third-order valence-corrected chi connectivity index (χ3v) is 5.58. The van der Waals surface area contributed by atoms with Gasteiger partial charge in [-0.25, -0.2) is 9.97 Å². The Labute approximate surface area is 161 Å². The summed E-state index contributed by atoms with van der Waals surface area (Å²) in [6.45, 7) is 6.13. The predicted octanol–water partition coefficient (Wildman–Crippen LogP) is 0.807. The van der Waals surface area contributed by atoms with Gasteiger partial charge in [-0.2, -0.15) is 0 Å². The lowest BCUT2D eigenvalue weighted by Gasteiger charge is -2.28. The van der Waals surface area contributed by atoms with Crippen LogP contribution in [0.3, 0.4) is 0 Å². The van der Waals surface area contributed by atoms with Gasteiger partial charge >= 0.3 is 0 Å². The van der Waals surface area contributed by atoms with Crippen molar-refractivity contribution in [1.29, 1.82) is 0 Å². The number of ether oxygens (including phenoxy) is 3. The van der Waals surface area contributed by atoms with Crippen LogP contribution >= 0.6 is 11.3 Å². The second-order valence-electron chi connectivity index (χ2n) is 6.38. The third-order valence-electron chi connectivity index (χ3n) is 4.62. The molecule has 1 amide bonds. The molecule has 2 aromatic rings. The van der Waals surface area contributed by atoms with E-state index >= 15 is 0 Å². The maximum Gasteiger partial charge on any atom is 0.240 e. The Morgan fingerprint density at radius 3 is 2.63 bits per heavy atom. The molecule has 0 unspecified atom stereocenters. The number of rotatable bonds is 5. The fourth-order valence-corrected chi connectivity index (χ4v) is 4.21. The smallest absolute Gasteiger partial charge is 0.240 e. The Morgan fingerprint density at radius 2 is 1.93 bits per heavy atom. The highest BCUT2D eigenvalue weighted by Crippen LogP contribution is 2.37. The van der Waals surface area contributed by atoms with Gasteiger partial charge < -0.3 is 24.4 Å². The first kappa shape index (κ1) is 18.4. The number of fused-ring (bicyclic) bond motifs is 1. The maximum atomic E-state index is 12.4. The average Bonchev–Trinajstić information content (AvgIpc) is 3.12. The summed E-state index contributed by atoms with van der Waals surface area (Å²) in [5, 5.41) is 3.48. The number of thiazole rings is 1. The zero-order valence-corrected chi connectivity index (χ0v) is 16.1. The van der Waals surface area contributed by atoms with Crippen molar-refractivity contribution < 1.29 is 19.0 Å². The summed E-state index contributed by atoms with van der Waals surface area (Å²) in [6.07, 6.45) is 1.69. The number of morpholine rings is 2. The van der Waals surface area contributed by atoms with Gasteiger partial charge in [-0.15, -0.1) is 0 Å². The summed E-state index contributed by atoms with van der Waals surface area (Å²) >= 11 is 1.43. The second-order valence-corrected chi connectivity index (χ2v) is 7.38. The Balaban J connectivity index is 1.55. The second kappa shape index (κ2) is 8.34. The molecule has 0 aliphatic carbocycles. The summed E-state index contributed by atoms with van der Waals surface area (Å²) in [5.74, 6) is 1.39. The number of carbonyl (C=O) groups excluding carboxylic acids is 1. The number of aromatic nitrogens is 2. The van der Waals surface area contributed by atoms with E-state index in [0.717, 1.165) is 42.2 Å². The van der Waals surface area contributed by atoms with E-state index in [0.29, 0.717) is 43.9 Å². The normalized spacial score (nSPS) is 18.6. The fourth-order valence-electron chi connectivity index (χ4n) is 3.20. The van der Waals surface area contributed by atoms with Crippen molar-refractivity contribution in [3.8, 4) is 5.75 Å². The van der Waals surface area contributed by atoms with Crippen LogP contribution in [0.4, 0.5) is 10.9 Å². The molecule has 2 aliphatic rings. The number of nitrogens with zero attached hydrogens (tertiary/aromatic N) is 4. The van der Waals surface area contributed by atoms with Gasteiger partial charge in [-0.05, 0) is 0 Å². The van der Waals surface area contributed by atoms with Gasteiger partial charge in [0.15, 0.2) is 10.9 Å². The molecule has 0 bridgehead atoms. The Kier molecular flexibility index (Phi) is 5.67. The number of nitrogens with one attached hydrogen (secondary N) is 1. The lowest BCUT2D eigenvalue weighted by atomic mass is 10.3. The van der Waals surface area contributed by atoms with Gasteiger partial charge in [0, 0.05) is 26.2 Å². The van der Waals surface area contributed by atoms with Crippen LogP contribution in [-0.2, 0) is 14.3 Å². The van der Waals surface area contributed by atoms with Crippen LogP contribution in [0, 0.1) is 0 Å².